The predicted octanol–water partition coefficient (Wildman–Crippen LogP) is -0.677. The molecule has 0 bridgehead atoms. The Morgan fingerprint density at radius 1 is 0.500 bits per heavy atom. The van der Waals surface area contributed by atoms with Crippen molar-refractivity contribution in [2.75, 3.05) is 0 Å². The molecule has 0 spiro atoms. The quantitative estimate of drug-likeness (QED) is 0.497. The van der Waals surface area contributed by atoms with Crippen LogP contribution in [0.1, 0.15) is 0 Å². The molecule has 0 amide bonds. The van der Waals surface area contributed by atoms with Crippen LogP contribution in [-0.4, -0.2) is 75.5 Å². The third-order valence-electron chi connectivity index (χ3n) is 0. The number of hydrogen-bond acceptors (Lipinski definition) is 0. The summed E-state index contributed by atoms with van der Waals surface area (Å²) in [5.41, 5.74) is 0. The van der Waals surface area contributed by atoms with Gasteiger partial charge in [-0.3, -0.25) is 0 Å². The number of hydrogen-bond donors (Lipinski definition) is 0. The molecular formula is H6Br2Ca2. The van der Waals surface area contributed by atoms with Gasteiger partial charge >= 0.3 is 75.5 Å². The summed E-state index contributed by atoms with van der Waals surface area (Å²) in [4.78, 5) is 0. The Morgan fingerprint density at radius 3 is 0.500 bits per heavy atom. The van der Waals surface area contributed by atoms with Crippen LogP contribution in [0, 0.1) is 0 Å². The zero-order chi connectivity index (χ0) is 0. The van der Waals surface area contributed by atoms with E-state index in [-0.39, 0.29) is 109 Å². The Labute approximate surface area is 107 Å². The fourth-order valence-electron chi connectivity index (χ4n) is 0. The van der Waals surface area contributed by atoms with E-state index in [1.54, 1.807) is 0 Å². The fourth-order valence-corrected chi connectivity index (χ4v) is 0. The minimum absolute atomic E-state index is 0. The summed E-state index contributed by atoms with van der Waals surface area (Å²) < 4.78 is 0. The van der Waals surface area contributed by atoms with E-state index in [4.69, 9.17) is 0 Å². The van der Waals surface area contributed by atoms with Crippen molar-refractivity contribution >= 4 is 109 Å². The molecular weight excluding hydrogens is 240 g/mol. The molecule has 0 atom stereocenters. The second kappa shape index (κ2) is 16.1. The molecule has 4 heteroatoms. The van der Waals surface area contributed by atoms with Crippen LogP contribution < -0.4 is 0 Å². The Kier molecular flexibility index (Phi) is 104. The molecule has 0 aromatic rings. The van der Waals surface area contributed by atoms with Gasteiger partial charge < -0.3 is 0 Å². The maximum atomic E-state index is 0. The van der Waals surface area contributed by atoms with Gasteiger partial charge in [0.05, 0.1) is 0 Å². The van der Waals surface area contributed by atoms with Crippen LogP contribution in [0.2, 0.25) is 0 Å². The summed E-state index contributed by atoms with van der Waals surface area (Å²) >= 11 is 0. The molecule has 4 heavy (non-hydrogen) atoms. The molecule has 0 fully saturated rings. The zero-order valence-corrected chi connectivity index (χ0v) is 4.24. The van der Waals surface area contributed by atoms with E-state index in [1.165, 1.54) is 0 Å². The molecule has 0 heterocycles. The van der Waals surface area contributed by atoms with Gasteiger partial charge in [0.25, 0.3) is 0 Å². The summed E-state index contributed by atoms with van der Waals surface area (Å²) in [6.45, 7) is 0. The van der Waals surface area contributed by atoms with Crippen LogP contribution in [0.4, 0.5) is 0 Å². The van der Waals surface area contributed by atoms with Crippen molar-refractivity contribution in [2.45, 2.75) is 0 Å². The van der Waals surface area contributed by atoms with E-state index < -0.39 is 0 Å². The normalized spacial score (nSPS) is 0. The molecule has 0 aliphatic carbocycles. The van der Waals surface area contributed by atoms with Gasteiger partial charge in [-0.1, -0.05) is 0 Å². The van der Waals surface area contributed by atoms with Gasteiger partial charge in [-0.05, 0) is 0 Å². The Hall–Kier alpha value is 3.48. The molecule has 0 saturated heterocycles. The SMILES string of the molecule is Br.Br.[CaH2].[CaH2]. The van der Waals surface area contributed by atoms with Gasteiger partial charge in [0, 0.05) is 0 Å². The first kappa shape index (κ1) is 25.9. The van der Waals surface area contributed by atoms with Gasteiger partial charge in [-0.2, -0.15) is 0 Å². The standard InChI is InChI=1S/2BrH.2Ca.4H/h2*1H;;;;;;. The first-order valence-electron chi connectivity index (χ1n) is 0. The molecule has 0 unspecified atom stereocenters. The van der Waals surface area contributed by atoms with E-state index >= 15 is 0 Å². The Bertz CT molecular complexity index is 4.00. The van der Waals surface area contributed by atoms with Crippen molar-refractivity contribution < 1.29 is 0 Å². The van der Waals surface area contributed by atoms with Crippen molar-refractivity contribution in [1.82, 2.24) is 0 Å². The summed E-state index contributed by atoms with van der Waals surface area (Å²) in [5, 5.41) is 0. The van der Waals surface area contributed by atoms with Crippen molar-refractivity contribution in [2.24, 2.45) is 0 Å². The van der Waals surface area contributed by atoms with Crippen LogP contribution in [0.5, 0.6) is 0 Å². The zero-order valence-electron chi connectivity index (χ0n) is 0.816. The maximum absolute atomic E-state index is 0. The molecule has 0 saturated carbocycles. The topological polar surface area (TPSA) is 0 Å². The third-order valence-corrected chi connectivity index (χ3v) is 0. The molecule has 0 aromatic heterocycles. The van der Waals surface area contributed by atoms with E-state index in [2.05, 4.69) is 0 Å². The van der Waals surface area contributed by atoms with E-state index in [0.717, 1.165) is 0 Å². The summed E-state index contributed by atoms with van der Waals surface area (Å²) in [6.07, 6.45) is 0. The van der Waals surface area contributed by atoms with Crippen LogP contribution in [0.25, 0.3) is 0 Å². The van der Waals surface area contributed by atoms with Crippen LogP contribution in [0.3, 0.4) is 0 Å². The van der Waals surface area contributed by atoms with Crippen molar-refractivity contribution in [1.29, 1.82) is 0 Å². The first-order valence-corrected chi connectivity index (χ1v) is 0. The molecule has 0 aromatic carbocycles. The van der Waals surface area contributed by atoms with Gasteiger partial charge in [-0.25, -0.2) is 0 Å². The molecule has 0 radical (unpaired) electrons. The minimum atomic E-state index is 0. The van der Waals surface area contributed by atoms with E-state index in [0.29, 0.717) is 0 Å². The van der Waals surface area contributed by atoms with Gasteiger partial charge in [0.1, 0.15) is 0 Å². The second-order valence-electron chi connectivity index (χ2n) is 0. The average molecular weight is 246 g/mol. The van der Waals surface area contributed by atoms with Gasteiger partial charge in [-0.15, -0.1) is 34.0 Å². The van der Waals surface area contributed by atoms with Crippen LogP contribution >= 0.6 is 34.0 Å². The summed E-state index contributed by atoms with van der Waals surface area (Å²) in [6, 6.07) is 0. The molecule has 24 valence electrons. The van der Waals surface area contributed by atoms with Gasteiger partial charge in [0.2, 0.25) is 0 Å². The Balaban J connectivity index is 0. The monoisotopic (exact) mass is 244 g/mol. The summed E-state index contributed by atoms with van der Waals surface area (Å²) in [5.74, 6) is 0. The second-order valence-corrected chi connectivity index (χ2v) is 0. The van der Waals surface area contributed by atoms with Crippen molar-refractivity contribution in [3.63, 3.8) is 0 Å². The predicted molar refractivity (Wildman–Crippen MR) is 37.7 cm³/mol. The van der Waals surface area contributed by atoms with Crippen molar-refractivity contribution in [3.8, 4) is 0 Å². The number of rotatable bonds is 0. The fraction of sp³-hybridized carbons (Fsp3) is 0. The van der Waals surface area contributed by atoms with E-state index in [9.17, 15) is 0 Å². The summed E-state index contributed by atoms with van der Waals surface area (Å²) in [7, 11) is 0. The molecule has 0 aliphatic rings. The third kappa shape index (κ3) is 9.08. The molecule has 0 N–H and O–H groups in total. The number of halogens is 2. The first-order chi connectivity index (χ1) is 0. The van der Waals surface area contributed by atoms with Gasteiger partial charge in [0.15, 0.2) is 0 Å². The average Bonchev–Trinajstić information content (AvgIpc) is 0. The van der Waals surface area contributed by atoms with Crippen molar-refractivity contribution in [3.05, 3.63) is 0 Å². The van der Waals surface area contributed by atoms with Crippen LogP contribution in [0.15, 0.2) is 0 Å². The molecule has 0 rings (SSSR count). The molecule has 0 nitrogen and oxygen atoms in total. The molecule has 0 aliphatic heterocycles. The van der Waals surface area contributed by atoms with Crippen LogP contribution in [-0.2, 0) is 0 Å². The Morgan fingerprint density at radius 2 is 0.500 bits per heavy atom. The van der Waals surface area contributed by atoms with E-state index in [1.807, 2.05) is 0 Å².